The summed E-state index contributed by atoms with van der Waals surface area (Å²) in [5.41, 5.74) is 0.675. The number of rotatable bonds is 2. The number of nitrogens with zero attached hydrogens (tertiary/aromatic N) is 1. The molecular weight excluding hydrogens is 258 g/mol. The summed E-state index contributed by atoms with van der Waals surface area (Å²) in [7, 11) is 0. The van der Waals surface area contributed by atoms with E-state index in [2.05, 4.69) is 0 Å². The summed E-state index contributed by atoms with van der Waals surface area (Å²) in [6.07, 6.45) is 0.544. The van der Waals surface area contributed by atoms with Crippen molar-refractivity contribution in [2.45, 2.75) is 38.8 Å². The Morgan fingerprint density at radius 3 is 2.25 bits per heavy atom. The number of carbonyl (C=O) groups excluding carboxylic acids is 1. The first kappa shape index (κ1) is 14.4. The van der Waals surface area contributed by atoms with Gasteiger partial charge in [0.05, 0.1) is 11.6 Å². The molecule has 0 bridgehead atoms. The van der Waals surface area contributed by atoms with Crippen molar-refractivity contribution in [2.24, 2.45) is 0 Å². The molecule has 1 N–H and O–H groups in total. The number of amides is 1. The highest BCUT2D eigenvalue weighted by atomic mass is 16.6. The molecule has 0 spiro atoms. The van der Waals surface area contributed by atoms with E-state index in [9.17, 15) is 9.59 Å². The predicted molar refractivity (Wildman–Crippen MR) is 73.7 cm³/mol. The summed E-state index contributed by atoms with van der Waals surface area (Å²) in [5.74, 6) is -0.950. The van der Waals surface area contributed by atoms with E-state index in [1.54, 1.807) is 29.2 Å². The molecule has 5 nitrogen and oxygen atoms in total. The average molecular weight is 277 g/mol. The molecule has 20 heavy (non-hydrogen) atoms. The first-order valence-electron chi connectivity index (χ1n) is 6.61. The van der Waals surface area contributed by atoms with Gasteiger partial charge in [-0.2, -0.15) is 0 Å². The van der Waals surface area contributed by atoms with Gasteiger partial charge >= 0.3 is 12.1 Å². The summed E-state index contributed by atoms with van der Waals surface area (Å²) in [5, 5.41) is 8.87. The van der Waals surface area contributed by atoms with Crippen LogP contribution in [0.2, 0.25) is 0 Å². The molecule has 1 amide bonds. The summed E-state index contributed by atoms with van der Waals surface area (Å²) in [4.78, 5) is 24.5. The fourth-order valence-electron chi connectivity index (χ4n) is 2.12. The van der Waals surface area contributed by atoms with E-state index in [1.165, 1.54) is 0 Å². The number of carbonyl (C=O) groups is 2. The smallest absolute Gasteiger partial charge is 0.410 e. The minimum atomic E-state index is -0.950. The van der Waals surface area contributed by atoms with E-state index in [0.717, 1.165) is 12.0 Å². The molecule has 0 saturated carbocycles. The van der Waals surface area contributed by atoms with Crippen LogP contribution in [-0.2, 0) is 4.74 Å². The lowest BCUT2D eigenvalue weighted by Crippen LogP contribution is -2.47. The van der Waals surface area contributed by atoms with Crippen molar-refractivity contribution in [3.05, 3.63) is 35.4 Å². The molecule has 1 aliphatic heterocycles. The zero-order chi connectivity index (χ0) is 14.9. The van der Waals surface area contributed by atoms with Crippen molar-refractivity contribution in [3.63, 3.8) is 0 Å². The van der Waals surface area contributed by atoms with E-state index in [1.807, 2.05) is 20.8 Å². The Bertz CT molecular complexity index is 516. The minimum absolute atomic E-state index is 0.0207. The van der Waals surface area contributed by atoms with Gasteiger partial charge in [-0.05, 0) is 44.9 Å². The standard InChI is InChI=1S/C15H19NO4/c1-15(2,3)20-14(19)16-9-8-12(16)10-4-6-11(7-5-10)13(17)18/h4-7,12H,8-9H2,1-3H3,(H,17,18). The van der Waals surface area contributed by atoms with Crippen molar-refractivity contribution >= 4 is 12.1 Å². The number of hydrogen-bond donors (Lipinski definition) is 1. The number of hydrogen-bond acceptors (Lipinski definition) is 3. The second-order valence-electron chi connectivity index (χ2n) is 5.91. The van der Waals surface area contributed by atoms with Gasteiger partial charge in [-0.25, -0.2) is 9.59 Å². The predicted octanol–water partition coefficient (Wildman–Crippen LogP) is 3.07. The number of benzene rings is 1. The second kappa shape index (κ2) is 5.15. The van der Waals surface area contributed by atoms with Gasteiger partial charge in [-0.15, -0.1) is 0 Å². The molecule has 1 aliphatic rings. The van der Waals surface area contributed by atoms with Gasteiger partial charge in [-0.1, -0.05) is 12.1 Å². The van der Waals surface area contributed by atoms with E-state index in [4.69, 9.17) is 9.84 Å². The lowest BCUT2D eigenvalue weighted by atomic mass is 9.94. The van der Waals surface area contributed by atoms with Gasteiger partial charge in [-0.3, -0.25) is 0 Å². The topological polar surface area (TPSA) is 66.8 Å². The molecule has 108 valence electrons. The summed E-state index contributed by atoms with van der Waals surface area (Å²) < 4.78 is 5.35. The van der Waals surface area contributed by atoms with Crippen LogP contribution in [-0.4, -0.2) is 34.2 Å². The molecule has 0 radical (unpaired) electrons. The van der Waals surface area contributed by atoms with Gasteiger partial charge in [0.2, 0.25) is 0 Å². The van der Waals surface area contributed by atoms with Crippen LogP contribution in [0.1, 0.15) is 49.2 Å². The van der Waals surface area contributed by atoms with Gasteiger partial charge < -0.3 is 14.7 Å². The van der Waals surface area contributed by atoms with E-state index >= 15 is 0 Å². The fourth-order valence-corrected chi connectivity index (χ4v) is 2.12. The Hall–Kier alpha value is -2.04. The van der Waals surface area contributed by atoms with Gasteiger partial charge in [0.25, 0.3) is 0 Å². The van der Waals surface area contributed by atoms with Crippen LogP contribution in [0, 0.1) is 0 Å². The Labute approximate surface area is 118 Å². The zero-order valence-electron chi connectivity index (χ0n) is 11.9. The third kappa shape index (κ3) is 3.10. The molecule has 1 atom stereocenters. The highest BCUT2D eigenvalue weighted by Crippen LogP contribution is 2.34. The van der Waals surface area contributed by atoms with Crippen LogP contribution in [0.5, 0.6) is 0 Å². The molecule has 1 fully saturated rings. The van der Waals surface area contributed by atoms with Crippen molar-refractivity contribution in [3.8, 4) is 0 Å². The van der Waals surface area contributed by atoms with Crippen molar-refractivity contribution in [1.82, 2.24) is 4.90 Å². The number of aromatic carboxylic acids is 1. The molecule has 0 aliphatic carbocycles. The minimum Gasteiger partial charge on any atom is -0.478 e. The summed E-state index contributed by atoms with van der Waals surface area (Å²) in [6.45, 7) is 6.17. The van der Waals surface area contributed by atoms with Crippen molar-refractivity contribution < 1.29 is 19.4 Å². The summed E-state index contributed by atoms with van der Waals surface area (Å²) >= 11 is 0. The van der Waals surface area contributed by atoms with Crippen LogP contribution >= 0.6 is 0 Å². The second-order valence-corrected chi connectivity index (χ2v) is 5.91. The van der Waals surface area contributed by atoms with Crippen molar-refractivity contribution in [2.75, 3.05) is 6.54 Å². The van der Waals surface area contributed by atoms with Gasteiger partial charge in [0.1, 0.15) is 5.60 Å². The van der Waals surface area contributed by atoms with Crippen LogP contribution in [0.25, 0.3) is 0 Å². The molecule has 1 aromatic carbocycles. The molecule has 1 saturated heterocycles. The maximum Gasteiger partial charge on any atom is 0.410 e. The maximum atomic E-state index is 12.0. The number of likely N-dealkylation sites (tertiary alicyclic amines) is 1. The molecule has 1 aromatic rings. The lowest BCUT2D eigenvalue weighted by Gasteiger charge is -2.41. The average Bonchev–Trinajstić information content (AvgIpc) is 2.25. The SMILES string of the molecule is CC(C)(C)OC(=O)N1CCC1c1ccc(C(=O)O)cc1. The lowest BCUT2D eigenvalue weighted by molar-refractivity contribution is -0.00577. The number of carboxylic acids is 1. The van der Waals surface area contributed by atoms with Gasteiger partial charge in [0, 0.05) is 6.54 Å². The first-order chi connectivity index (χ1) is 9.28. The highest BCUT2D eigenvalue weighted by molar-refractivity contribution is 5.87. The van der Waals surface area contributed by atoms with Crippen molar-refractivity contribution in [1.29, 1.82) is 0 Å². The van der Waals surface area contributed by atoms with E-state index < -0.39 is 11.6 Å². The Balaban J connectivity index is 2.06. The molecule has 1 unspecified atom stereocenters. The van der Waals surface area contributed by atoms with E-state index in [0.29, 0.717) is 6.54 Å². The Morgan fingerprint density at radius 2 is 1.85 bits per heavy atom. The normalized spacial score (nSPS) is 18.4. The monoisotopic (exact) mass is 277 g/mol. The largest absolute Gasteiger partial charge is 0.478 e. The summed E-state index contributed by atoms with van der Waals surface area (Å²) in [6, 6.07) is 6.61. The third-order valence-corrected chi connectivity index (χ3v) is 3.19. The van der Waals surface area contributed by atoms with Crippen LogP contribution in [0.4, 0.5) is 4.79 Å². The molecule has 2 rings (SSSR count). The third-order valence-electron chi connectivity index (χ3n) is 3.19. The Kier molecular flexibility index (Phi) is 3.70. The molecule has 1 heterocycles. The molecule has 5 heteroatoms. The van der Waals surface area contributed by atoms with Crippen LogP contribution in [0.15, 0.2) is 24.3 Å². The molecular formula is C15H19NO4. The maximum absolute atomic E-state index is 12.0. The Morgan fingerprint density at radius 1 is 1.25 bits per heavy atom. The zero-order valence-corrected chi connectivity index (χ0v) is 11.9. The highest BCUT2D eigenvalue weighted by Gasteiger charge is 2.36. The fraction of sp³-hybridized carbons (Fsp3) is 0.467. The number of carboxylic acid groups (broad SMARTS) is 1. The van der Waals surface area contributed by atoms with Crippen LogP contribution < -0.4 is 0 Å². The van der Waals surface area contributed by atoms with E-state index in [-0.39, 0.29) is 17.7 Å². The quantitative estimate of drug-likeness (QED) is 0.902. The first-order valence-corrected chi connectivity index (χ1v) is 6.61. The number of ether oxygens (including phenoxy) is 1. The molecule has 0 aromatic heterocycles. The van der Waals surface area contributed by atoms with Gasteiger partial charge in [0.15, 0.2) is 0 Å². The van der Waals surface area contributed by atoms with Crippen LogP contribution in [0.3, 0.4) is 0 Å².